The molecular weight excluding hydrogens is 416 g/mol. The Morgan fingerprint density at radius 3 is 2.48 bits per heavy atom. The van der Waals surface area contributed by atoms with Crippen LogP contribution in [0.25, 0.3) is 0 Å². The van der Waals surface area contributed by atoms with E-state index in [0.717, 1.165) is 48.9 Å². The lowest BCUT2D eigenvalue weighted by Gasteiger charge is -2.36. The molecule has 3 aromatic rings. The van der Waals surface area contributed by atoms with Gasteiger partial charge in [0, 0.05) is 32.6 Å². The summed E-state index contributed by atoms with van der Waals surface area (Å²) in [7, 11) is 0. The quantitative estimate of drug-likeness (QED) is 0.648. The fourth-order valence-corrected chi connectivity index (χ4v) is 4.51. The molecule has 1 amide bonds. The molecule has 170 valence electrons. The topological polar surface area (TPSA) is 72.5 Å². The number of piperazine rings is 1. The molecule has 0 spiro atoms. The van der Waals surface area contributed by atoms with Crippen LogP contribution in [0.5, 0.6) is 5.75 Å². The highest BCUT2D eigenvalue weighted by atomic mass is 16.3. The minimum Gasteiger partial charge on any atom is -0.506 e. The van der Waals surface area contributed by atoms with Crippen LogP contribution in [0, 0.1) is 6.92 Å². The van der Waals surface area contributed by atoms with Crippen LogP contribution in [0.2, 0.25) is 0 Å². The van der Waals surface area contributed by atoms with E-state index in [4.69, 9.17) is 9.52 Å². The molecule has 3 heterocycles. The number of amides is 1. The molecule has 7 nitrogen and oxygen atoms in total. The molecule has 0 aliphatic carbocycles. The number of hydrogen-bond acceptors (Lipinski definition) is 6. The van der Waals surface area contributed by atoms with Crippen molar-refractivity contribution in [1.29, 1.82) is 0 Å². The maximum atomic E-state index is 13.3. The molecule has 0 saturated carbocycles. The third-order valence-electron chi connectivity index (χ3n) is 6.38. The number of carbonyl (C=O) groups is 1. The van der Waals surface area contributed by atoms with Crippen LogP contribution in [-0.4, -0.2) is 59.4 Å². The number of hydrazone groups is 1. The first-order chi connectivity index (χ1) is 16.1. The molecule has 0 bridgehead atoms. The van der Waals surface area contributed by atoms with E-state index >= 15 is 0 Å². The van der Waals surface area contributed by atoms with Crippen LogP contribution in [0.1, 0.15) is 29.3 Å². The molecule has 1 N–H and O–H groups in total. The van der Waals surface area contributed by atoms with Gasteiger partial charge < -0.3 is 14.4 Å². The lowest BCUT2D eigenvalue weighted by molar-refractivity contribution is -0.134. The maximum absolute atomic E-state index is 13.3. The Morgan fingerprint density at radius 2 is 1.79 bits per heavy atom. The maximum Gasteiger partial charge on any atom is 0.257 e. The highest BCUT2D eigenvalue weighted by Crippen LogP contribution is 2.33. The average molecular weight is 445 g/mol. The second-order valence-corrected chi connectivity index (χ2v) is 8.64. The van der Waals surface area contributed by atoms with Crippen LogP contribution in [-0.2, 0) is 4.79 Å². The molecule has 1 saturated heterocycles. The van der Waals surface area contributed by atoms with E-state index in [1.165, 1.54) is 5.56 Å². The summed E-state index contributed by atoms with van der Waals surface area (Å²) in [5.74, 6) is 1.01. The normalized spacial score (nSPS) is 19.1. The summed E-state index contributed by atoms with van der Waals surface area (Å²) in [5.41, 5.74) is 3.96. The van der Waals surface area contributed by atoms with Gasteiger partial charge in [-0.2, -0.15) is 5.10 Å². The van der Waals surface area contributed by atoms with Crippen LogP contribution in [0.15, 0.2) is 76.4 Å². The predicted molar refractivity (Wildman–Crippen MR) is 127 cm³/mol. The molecule has 2 aromatic carbocycles. The standard InChI is InChI=1S/C26H28N4O3/c1-19-8-10-20(11-9-19)21-17-23(25-7-4-16-33-25)30(27-21)26(32)18-28-12-14-29(15-13-28)22-5-2-3-6-24(22)31/h2-11,16,23,31H,12-15,17-18H2,1H3. The van der Waals surface area contributed by atoms with Crippen molar-refractivity contribution in [1.82, 2.24) is 9.91 Å². The van der Waals surface area contributed by atoms with E-state index in [0.29, 0.717) is 18.7 Å². The van der Waals surface area contributed by atoms with Crippen LogP contribution in [0.4, 0.5) is 5.69 Å². The van der Waals surface area contributed by atoms with Crippen molar-refractivity contribution < 1.29 is 14.3 Å². The van der Waals surface area contributed by atoms with Gasteiger partial charge in [0.25, 0.3) is 5.91 Å². The highest BCUT2D eigenvalue weighted by Gasteiger charge is 2.35. The van der Waals surface area contributed by atoms with Crippen LogP contribution < -0.4 is 4.90 Å². The van der Waals surface area contributed by atoms with E-state index in [1.807, 2.05) is 30.3 Å². The SMILES string of the molecule is Cc1ccc(C2=NN(C(=O)CN3CCN(c4ccccc4O)CC3)C(c3ccco3)C2)cc1. The lowest BCUT2D eigenvalue weighted by Crippen LogP contribution is -2.49. The molecule has 2 aliphatic heterocycles. The first-order valence-corrected chi connectivity index (χ1v) is 11.3. The third-order valence-corrected chi connectivity index (χ3v) is 6.38. The molecule has 5 rings (SSSR count). The zero-order valence-electron chi connectivity index (χ0n) is 18.7. The molecule has 0 radical (unpaired) electrons. The molecular formula is C26H28N4O3. The zero-order chi connectivity index (χ0) is 22.8. The molecule has 33 heavy (non-hydrogen) atoms. The van der Waals surface area contributed by atoms with Gasteiger partial charge in [-0.3, -0.25) is 9.69 Å². The number of phenolic OH excluding ortho intramolecular Hbond substituents is 1. The lowest BCUT2D eigenvalue weighted by atomic mass is 10.0. The number of carbonyl (C=O) groups excluding carboxylic acids is 1. The summed E-state index contributed by atoms with van der Waals surface area (Å²) in [6.45, 7) is 5.35. The number of benzene rings is 2. The van der Waals surface area contributed by atoms with Crippen molar-refractivity contribution in [2.75, 3.05) is 37.6 Å². The monoisotopic (exact) mass is 444 g/mol. The van der Waals surface area contributed by atoms with E-state index in [9.17, 15) is 9.90 Å². The Kier molecular flexibility index (Phi) is 5.88. The summed E-state index contributed by atoms with van der Waals surface area (Å²) < 4.78 is 5.65. The van der Waals surface area contributed by atoms with Crippen molar-refractivity contribution in [3.63, 3.8) is 0 Å². The first-order valence-electron chi connectivity index (χ1n) is 11.3. The van der Waals surface area contributed by atoms with Crippen molar-refractivity contribution >= 4 is 17.3 Å². The van der Waals surface area contributed by atoms with Gasteiger partial charge in [0.15, 0.2) is 0 Å². The van der Waals surface area contributed by atoms with Gasteiger partial charge >= 0.3 is 0 Å². The number of furan rings is 1. The Morgan fingerprint density at radius 1 is 1.03 bits per heavy atom. The van der Waals surface area contributed by atoms with Gasteiger partial charge in [-0.1, -0.05) is 42.0 Å². The van der Waals surface area contributed by atoms with E-state index in [1.54, 1.807) is 17.3 Å². The fraction of sp³-hybridized carbons (Fsp3) is 0.308. The smallest absolute Gasteiger partial charge is 0.257 e. The van der Waals surface area contributed by atoms with Crippen molar-refractivity contribution in [2.45, 2.75) is 19.4 Å². The number of nitrogens with zero attached hydrogens (tertiary/aromatic N) is 4. The number of anilines is 1. The Labute approximate surface area is 193 Å². The van der Waals surface area contributed by atoms with Gasteiger partial charge in [0.1, 0.15) is 17.6 Å². The van der Waals surface area contributed by atoms with Crippen LogP contribution in [0.3, 0.4) is 0 Å². The molecule has 2 aliphatic rings. The summed E-state index contributed by atoms with van der Waals surface area (Å²) in [5, 5.41) is 16.5. The number of para-hydroxylation sites is 2. The second-order valence-electron chi connectivity index (χ2n) is 8.64. The predicted octanol–water partition coefficient (Wildman–Crippen LogP) is 3.79. The number of aryl methyl sites for hydroxylation is 1. The first kappa shape index (κ1) is 21.3. The molecule has 1 unspecified atom stereocenters. The van der Waals surface area contributed by atoms with Crippen LogP contribution >= 0.6 is 0 Å². The van der Waals surface area contributed by atoms with Gasteiger partial charge in [-0.05, 0) is 36.8 Å². The molecule has 1 fully saturated rings. The third kappa shape index (κ3) is 4.50. The number of rotatable bonds is 5. The Balaban J connectivity index is 1.28. The Bertz CT molecular complexity index is 1130. The number of hydrogen-bond donors (Lipinski definition) is 1. The number of aromatic hydroxyl groups is 1. The summed E-state index contributed by atoms with van der Waals surface area (Å²) >= 11 is 0. The highest BCUT2D eigenvalue weighted by molar-refractivity contribution is 6.03. The van der Waals surface area contributed by atoms with Gasteiger partial charge in [-0.15, -0.1) is 0 Å². The average Bonchev–Trinajstić information content (AvgIpc) is 3.51. The van der Waals surface area contributed by atoms with E-state index < -0.39 is 0 Å². The largest absolute Gasteiger partial charge is 0.506 e. The molecule has 7 heteroatoms. The zero-order valence-corrected chi connectivity index (χ0v) is 18.7. The minimum atomic E-state index is -0.230. The van der Waals surface area contributed by atoms with Gasteiger partial charge in [0.2, 0.25) is 0 Å². The van der Waals surface area contributed by atoms with E-state index in [-0.39, 0.29) is 11.9 Å². The van der Waals surface area contributed by atoms with Gasteiger partial charge in [-0.25, -0.2) is 5.01 Å². The summed E-state index contributed by atoms with van der Waals surface area (Å²) in [6, 6.07) is 19.1. The fourth-order valence-electron chi connectivity index (χ4n) is 4.51. The molecule has 1 aromatic heterocycles. The number of phenols is 1. The summed E-state index contributed by atoms with van der Waals surface area (Å²) in [4.78, 5) is 17.6. The van der Waals surface area contributed by atoms with Crippen molar-refractivity contribution in [3.05, 3.63) is 83.8 Å². The summed E-state index contributed by atoms with van der Waals surface area (Å²) in [6.07, 6.45) is 2.27. The molecule has 1 atom stereocenters. The van der Waals surface area contributed by atoms with Gasteiger partial charge in [0.05, 0.1) is 24.2 Å². The van der Waals surface area contributed by atoms with E-state index in [2.05, 4.69) is 41.0 Å². The second kappa shape index (κ2) is 9.11. The minimum absolute atomic E-state index is 0.0329. The van der Waals surface area contributed by atoms with Crippen molar-refractivity contribution in [3.8, 4) is 5.75 Å². The van der Waals surface area contributed by atoms with Crippen molar-refractivity contribution in [2.24, 2.45) is 5.10 Å². The Hall–Kier alpha value is -3.58.